The summed E-state index contributed by atoms with van der Waals surface area (Å²) < 4.78 is 0. The molecular weight excluding hydrogens is 122 g/mol. The van der Waals surface area contributed by atoms with Gasteiger partial charge >= 0.3 is 0 Å². The van der Waals surface area contributed by atoms with Gasteiger partial charge in [0.25, 0.3) is 0 Å². The van der Waals surface area contributed by atoms with Crippen molar-refractivity contribution in [3.63, 3.8) is 0 Å². The fourth-order valence-electron chi connectivity index (χ4n) is 2.63. The predicted molar refractivity (Wildman–Crippen MR) is 42.5 cm³/mol. The van der Waals surface area contributed by atoms with E-state index in [-0.39, 0.29) is 0 Å². The molecule has 2 aliphatic carbocycles. The Labute approximate surface area is 63.0 Å². The molecule has 0 saturated heterocycles. The molecule has 0 amide bonds. The summed E-state index contributed by atoms with van der Waals surface area (Å²) in [6, 6.07) is 0. The number of rotatable bonds is 2. The number of hydrogen-bond donors (Lipinski definition) is 1. The first-order valence-electron chi connectivity index (χ1n) is 4.38. The summed E-state index contributed by atoms with van der Waals surface area (Å²) in [5.74, 6) is 2.89. The molecule has 10 heavy (non-hydrogen) atoms. The molecule has 2 N–H and O–H groups in total. The summed E-state index contributed by atoms with van der Waals surface area (Å²) in [6.07, 6.45) is 2.95. The van der Waals surface area contributed by atoms with Gasteiger partial charge in [0.2, 0.25) is 0 Å². The summed E-state index contributed by atoms with van der Waals surface area (Å²) >= 11 is 0. The molecule has 1 nitrogen and oxygen atoms in total. The molecule has 0 aliphatic heterocycles. The maximum absolute atomic E-state index is 5.67. The van der Waals surface area contributed by atoms with Gasteiger partial charge in [0.1, 0.15) is 0 Å². The van der Waals surface area contributed by atoms with Crippen molar-refractivity contribution in [1.29, 1.82) is 0 Å². The first-order chi connectivity index (χ1) is 4.68. The molecule has 0 radical (unpaired) electrons. The van der Waals surface area contributed by atoms with Gasteiger partial charge in [-0.2, -0.15) is 0 Å². The first-order valence-corrected chi connectivity index (χ1v) is 4.38. The van der Waals surface area contributed by atoms with Crippen molar-refractivity contribution < 1.29 is 0 Å². The molecule has 2 aliphatic rings. The highest BCUT2D eigenvalue weighted by molar-refractivity contribution is 5.10. The smallest absolute Gasteiger partial charge is 0.00407 e. The highest BCUT2D eigenvalue weighted by Gasteiger charge is 2.61. The van der Waals surface area contributed by atoms with E-state index in [9.17, 15) is 0 Å². The average Bonchev–Trinajstić information content (AvgIpc) is 2.65. The van der Waals surface area contributed by atoms with Crippen LogP contribution in [0.2, 0.25) is 0 Å². The normalized spacial score (nSPS) is 43.5. The van der Waals surface area contributed by atoms with Crippen LogP contribution < -0.4 is 5.73 Å². The molecule has 0 aromatic heterocycles. The third-order valence-corrected chi connectivity index (χ3v) is 3.52. The fraction of sp³-hybridized carbons (Fsp3) is 1.00. The van der Waals surface area contributed by atoms with Crippen LogP contribution in [0.3, 0.4) is 0 Å². The van der Waals surface area contributed by atoms with Crippen LogP contribution in [0.15, 0.2) is 0 Å². The molecule has 2 rings (SSSR count). The third-order valence-electron chi connectivity index (χ3n) is 3.52. The van der Waals surface area contributed by atoms with Crippen LogP contribution in [0.5, 0.6) is 0 Å². The predicted octanol–water partition coefficient (Wildman–Crippen LogP) is 1.63. The summed E-state index contributed by atoms with van der Waals surface area (Å²) in [5.41, 5.74) is 6.26. The van der Waals surface area contributed by atoms with Crippen molar-refractivity contribution in [2.24, 2.45) is 28.9 Å². The molecule has 0 aromatic rings. The highest BCUT2D eigenvalue weighted by atomic mass is 14.7. The Bertz CT molecular complexity index is 147. The molecule has 2 fully saturated rings. The molecular formula is C9H17N. The summed E-state index contributed by atoms with van der Waals surface area (Å²) in [5, 5.41) is 0. The Hall–Kier alpha value is -0.0400. The van der Waals surface area contributed by atoms with Gasteiger partial charge in [-0.15, -0.1) is 0 Å². The Balaban J connectivity index is 2.00. The zero-order chi connectivity index (χ0) is 7.35. The lowest BCUT2D eigenvalue weighted by molar-refractivity contribution is 0.512. The number of hydrogen-bond acceptors (Lipinski definition) is 1. The Morgan fingerprint density at radius 1 is 1.40 bits per heavy atom. The van der Waals surface area contributed by atoms with Gasteiger partial charge in [0, 0.05) is 0 Å². The Morgan fingerprint density at radius 2 is 2.00 bits per heavy atom. The van der Waals surface area contributed by atoms with Gasteiger partial charge in [0.15, 0.2) is 0 Å². The SMILES string of the molecule is CC1(C)[C@@H](CN)[C@@H]1C1CC1. The molecule has 0 unspecified atom stereocenters. The van der Waals surface area contributed by atoms with E-state index in [1.165, 1.54) is 12.8 Å². The standard InChI is InChI=1S/C9H17N/c1-9(2)7(5-10)8(9)6-3-4-6/h6-8H,3-5,10H2,1-2H3/t7-,8-/m0/s1. The molecule has 0 aromatic carbocycles. The van der Waals surface area contributed by atoms with Crippen LogP contribution in [0.4, 0.5) is 0 Å². The van der Waals surface area contributed by atoms with E-state index >= 15 is 0 Å². The molecule has 1 heteroatoms. The average molecular weight is 139 g/mol. The van der Waals surface area contributed by atoms with E-state index in [1.54, 1.807) is 0 Å². The topological polar surface area (TPSA) is 26.0 Å². The zero-order valence-corrected chi connectivity index (χ0v) is 6.93. The van der Waals surface area contributed by atoms with E-state index in [0.29, 0.717) is 5.41 Å². The van der Waals surface area contributed by atoms with Crippen LogP contribution in [-0.2, 0) is 0 Å². The van der Waals surface area contributed by atoms with Gasteiger partial charge in [-0.25, -0.2) is 0 Å². The second-order valence-electron chi connectivity index (χ2n) is 4.53. The largest absolute Gasteiger partial charge is 0.330 e. The molecule has 2 saturated carbocycles. The lowest BCUT2D eigenvalue weighted by atomic mass is 10.1. The van der Waals surface area contributed by atoms with Crippen molar-refractivity contribution in [3.8, 4) is 0 Å². The summed E-state index contributed by atoms with van der Waals surface area (Å²) in [4.78, 5) is 0. The molecule has 0 spiro atoms. The third kappa shape index (κ3) is 0.731. The van der Waals surface area contributed by atoms with Gasteiger partial charge in [-0.05, 0) is 42.6 Å². The quantitative estimate of drug-likeness (QED) is 0.618. The molecule has 0 bridgehead atoms. The van der Waals surface area contributed by atoms with Crippen molar-refractivity contribution in [1.82, 2.24) is 0 Å². The Kier molecular flexibility index (Phi) is 1.17. The van der Waals surface area contributed by atoms with Gasteiger partial charge in [0.05, 0.1) is 0 Å². The maximum atomic E-state index is 5.67. The monoisotopic (exact) mass is 139 g/mol. The minimum atomic E-state index is 0.593. The lowest BCUT2D eigenvalue weighted by Gasteiger charge is -1.98. The molecule has 58 valence electrons. The zero-order valence-electron chi connectivity index (χ0n) is 6.93. The minimum Gasteiger partial charge on any atom is -0.330 e. The van der Waals surface area contributed by atoms with Gasteiger partial charge < -0.3 is 5.73 Å². The van der Waals surface area contributed by atoms with Crippen molar-refractivity contribution in [2.45, 2.75) is 26.7 Å². The van der Waals surface area contributed by atoms with E-state index in [4.69, 9.17) is 5.73 Å². The summed E-state index contributed by atoms with van der Waals surface area (Å²) in [6.45, 7) is 5.65. The van der Waals surface area contributed by atoms with Gasteiger partial charge in [-0.3, -0.25) is 0 Å². The van der Waals surface area contributed by atoms with E-state index < -0.39 is 0 Å². The second kappa shape index (κ2) is 1.76. The van der Waals surface area contributed by atoms with Crippen LogP contribution in [0, 0.1) is 23.2 Å². The van der Waals surface area contributed by atoms with Crippen LogP contribution in [0.25, 0.3) is 0 Å². The highest BCUT2D eigenvalue weighted by Crippen LogP contribution is 2.66. The molecule has 0 heterocycles. The van der Waals surface area contributed by atoms with Crippen molar-refractivity contribution in [2.75, 3.05) is 6.54 Å². The Morgan fingerprint density at radius 3 is 2.30 bits per heavy atom. The lowest BCUT2D eigenvalue weighted by Crippen LogP contribution is -2.05. The van der Waals surface area contributed by atoms with E-state index in [2.05, 4.69) is 13.8 Å². The van der Waals surface area contributed by atoms with Crippen molar-refractivity contribution >= 4 is 0 Å². The molecule has 2 atom stereocenters. The van der Waals surface area contributed by atoms with E-state index in [1.807, 2.05) is 0 Å². The second-order valence-corrected chi connectivity index (χ2v) is 4.53. The van der Waals surface area contributed by atoms with Crippen LogP contribution in [-0.4, -0.2) is 6.54 Å². The summed E-state index contributed by atoms with van der Waals surface area (Å²) in [7, 11) is 0. The first kappa shape index (κ1) is 6.66. The minimum absolute atomic E-state index is 0.593. The fourth-order valence-corrected chi connectivity index (χ4v) is 2.63. The number of nitrogens with two attached hydrogens (primary N) is 1. The van der Waals surface area contributed by atoms with Crippen molar-refractivity contribution in [3.05, 3.63) is 0 Å². The maximum Gasteiger partial charge on any atom is -0.00407 e. The van der Waals surface area contributed by atoms with Gasteiger partial charge in [-0.1, -0.05) is 13.8 Å². The van der Waals surface area contributed by atoms with E-state index in [0.717, 1.165) is 24.3 Å². The van der Waals surface area contributed by atoms with Crippen LogP contribution in [0.1, 0.15) is 26.7 Å². The van der Waals surface area contributed by atoms with Crippen LogP contribution >= 0.6 is 0 Å².